The van der Waals surface area contributed by atoms with Crippen LogP contribution < -0.4 is 24.3 Å². The minimum Gasteiger partial charge on any atom is -0.497 e. The number of hydrogen-bond acceptors (Lipinski definition) is 5. The Labute approximate surface area is 180 Å². The molecule has 6 nitrogen and oxygen atoms in total. The van der Waals surface area contributed by atoms with Gasteiger partial charge in [0.1, 0.15) is 29.6 Å². The van der Waals surface area contributed by atoms with E-state index in [0.29, 0.717) is 44.8 Å². The molecule has 0 bridgehead atoms. The van der Waals surface area contributed by atoms with Crippen molar-refractivity contribution in [3.63, 3.8) is 0 Å². The van der Waals surface area contributed by atoms with E-state index in [1.807, 2.05) is 12.1 Å². The number of halogens is 1. The molecule has 0 atom stereocenters. The molecule has 0 radical (unpaired) electrons. The summed E-state index contributed by atoms with van der Waals surface area (Å²) in [6.07, 6.45) is 0. The summed E-state index contributed by atoms with van der Waals surface area (Å²) in [6, 6.07) is 17.5. The van der Waals surface area contributed by atoms with Crippen molar-refractivity contribution in [2.24, 2.45) is 0 Å². The summed E-state index contributed by atoms with van der Waals surface area (Å²) in [5.74, 6) is 1.99. The molecule has 0 aliphatic carbocycles. The maximum absolute atomic E-state index is 12.9. The van der Waals surface area contributed by atoms with Gasteiger partial charge < -0.3 is 24.3 Å². The predicted molar refractivity (Wildman–Crippen MR) is 116 cm³/mol. The highest BCUT2D eigenvalue weighted by Crippen LogP contribution is 2.30. The lowest BCUT2D eigenvalue weighted by molar-refractivity contribution is 0.102. The van der Waals surface area contributed by atoms with Gasteiger partial charge in [-0.05, 0) is 42.5 Å². The summed E-state index contributed by atoms with van der Waals surface area (Å²) in [7, 11) is 4.66. The largest absolute Gasteiger partial charge is 0.497 e. The number of anilines is 1. The molecule has 3 aromatic carbocycles. The summed E-state index contributed by atoms with van der Waals surface area (Å²) in [4.78, 5) is 12.9. The molecule has 0 saturated carbocycles. The van der Waals surface area contributed by atoms with Gasteiger partial charge in [0.2, 0.25) is 0 Å². The molecule has 1 amide bonds. The van der Waals surface area contributed by atoms with E-state index in [1.165, 1.54) is 7.11 Å². The first-order chi connectivity index (χ1) is 14.5. The van der Waals surface area contributed by atoms with Crippen LogP contribution in [0.2, 0.25) is 5.02 Å². The van der Waals surface area contributed by atoms with Crippen molar-refractivity contribution in [3.8, 4) is 23.0 Å². The van der Waals surface area contributed by atoms with Gasteiger partial charge in [-0.15, -0.1) is 0 Å². The second kappa shape index (κ2) is 9.89. The highest BCUT2D eigenvalue weighted by atomic mass is 35.5. The van der Waals surface area contributed by atoms with Crippen LogP contribution in [-0.4, -0.2) is 27.2 Å². The van der Waals surface area contributed by atoms with Gasteiger partial charge in [-0.1, -0.05) is 23.7 Å². The van der Waals surface area contributed by atoms with E-state index in [2.05, 4.69) is 5.32 Å². The van der Waals surface area contributed by atoms with Gasteiger partial charge in [0.15, 0.2) is 0 Å². The zero-order valence-electron chi connectivity index (χ0n) is 16.9. The number of ether oxygens (including phenoxy) is 4. The van der Waals surface area contributed by atoms with Crippen LogP contribution in [0.1, 0.15) is 15.9 Å². The minimum atomic E-state index is -0.303. The second-order valence-corrected chi connectivity index (χ2v) is 6.67. The Kier molecular flexibility index (Phi) is 7.03. The van der Waals surface area contributed by atoms with E-state index >= 15 is 0 Å². The van der Waals surface area contributed by atoms with Crippen molar-refractivity contribution in [1.82, 2.24) is 0 Å². The van der Waals surface area contributed by atoms with Crippen LogP contribution in [0.3, 0.4) is 0 Å². The Morgan fingerprint density at radius 3 is 2.30 bits per heavy atom. The Bertz CT molecular complexity index is 1040. The third kappa shape index (κ3) is 4.96. The molecule has 0 saturated heterocycles. The quantitative estimate of drug-likeness (QED) is 0.535. The number of rotatable bonds is 8. The molecule has 30 heavy (non-hydrogen) atoms. The van der Waals surface area contributed by atoms with Gasteiger partial charge >= 0.3 is 0 Å². The molecule has 156 valence electrons. The lowest BCUT2D eigenvalue weighted by Gasteiger charge is -2.14. The number of carbonyl (C=O) groups excluding carboxylic acids is 1. The number of benzene rings is 3. The molecular weight excluding hydrogens is 406 g/mol. The number of methoxy groups -OCH3 is 3. The van der Waals surface area contributed by atoms with E-state index in [4.69, 9.17) is 30.5 Å². The lowest BCUT2D eigenvalue weighted by Crippen LogP contribution is -2.13. The van der Waals surface area contributed by atoms with E-state index in [9.17, 15) is 4.79 Å². The number of hydrogen-bond donors (Lipinski definition) is 1. The third-order valence-corrected chi connectivity index (χ3v) is 4.73. The SMILES string of the molecule is COc1ccc(OC)c(NC(=O)c2ccc(OC)c(COc3ccccc3Cl)c2)c1. The molecule has 0 aromatic heterocycles. The van der Waals surface area contributed by atoms with Gasteiger partial charge in [0.25, 0.3) is 5.91 Å². The lowest BCUT2D eigenvalue weighted by atomic mass is 10.1. The fourth-order valence-electron chi connectivity index (χ4n) is 2.86. The first-order valence-electron chi connectivity index (χ1n) is 9.13. The van der Waals surface area contributed by atoms with Crippen molar-refractivity contribution in [2.45, 2.75) is 6.61 Å². The topological polar surface area (TPSA) is 66.0 Å². The van der Waals surface area contributed by atoms with Crippen LogP contribution in [0.5, 0.6) is 23.0 Å². The van der Waals surface area contributed by atoms with Crippen LogP contribution >= 0.6 is 11.6 Å². The molecule has 0 aliphatic rings. The van der Waals surface area contributed by atoms with Crippen LogP contribution in [0.25, 0.3) is 0 Å². The van der Waals surface area contributed by atoms with Crippen molar-refractivity contribution >= 4 is 23.2 Å². The van der Waals surface area contributed by atoms with Gasteiger partial charge in [0.05, 0.1) is 32.0 Å². The number of carbonyl (C=O) groups is 1. The average Bonchev–Trinajstić information content (AvgIpc) is 2.78. The van der Waals surface area contributed by atoms with E-state index in [-0.39, 0.29) is 12.5 Å². The number of nitrogens with one attached hydrogen (secondary N) is 1. The van der Waals surface area contributed by atoms with E-state index in [0.717, 1.165) is 0 Å². The summed E-state index contributed by atoms with van der Waals surface area (Å²) in [5.41, 5.74) is 1.66. The molecule has 0 spiro atoms. The van der Waals surface area contributed by atoms with Gasteiger partial charge in [-0.2, -0.15) is 0 Å². The highest BCUT2D eigenvalue weighted by molar-refractivity contribution is 6.32. The Hall–Kier alpha value is -3.38. The molecule has 0 aliphatic heterocycles. The average molecular weight is 428 g/mol. The van der Waals surface area contributed by atoms with Gasteiger partial charge in [-0.3, -0.25) is 4.79 Å². The predicted octanol–water partition coefficient (Wildman–Crippen LogP) is 5.20. The van der Waals surface area contributed by atoms with Crippen LogP contribution in [0, 0.1) is 0 Å². The van der Waals surface area contributed by atoms with Crippen LogP contribution in [-0.2, 0) is 6.61 Å². The second-order valence-electron chi connectivity index (χ2n) is 6.27. The maximum atomic E-state index is 12.9. The molecular formula is C23H22ClNO5. The monoisotopic (exact) mass is 427 g/mol. The van der Waals surface area contributed by atoms with Crippen molar-refractivity contribution in [1.29, 1.82) is 0 Å². The highest BCUT2D eigenvalue weighted by Gasteiger charge is 2.14. The van der Waals surface area contributed by atoms with E-state index in [1.54, 1.807) is 62.8 Å². The maximum Gasteiger partial charge on any atom is 0.255 e. The van der Waals surface area contributed by atoms with Crippen LogP contribution in [0.4, 0.5) is 5.69 Å². The van der Waals surface area contributed by atoms with Crippen molar-refractivity contribution in [3.05, 3.63) is 76.8 Å². The zero-order chi connectivity index (χ0) is 21.5. The fraction of sp³-hybridized carbons (Fsp3) is 0.174. The fourth-order valence-corrected chi connectivity index (χ4v) is 3.05. The van der Waals surface area contributed by atoms with Crippen LogP contribution in [0.15, 0.2) is 60.7 Å². The van der Waals surface area contributed by atoms with Crippen molar-refractivity contribution < 1.29 is 23.7 Å². The minimum absolute atomic E-state index is 0.191. The van der Waals surface area contributed by atoms with Gasteiger partial charge in [0, 0.05) is 17.2 Å². The number of para-hydroxylation sites is 1. The molecule has 1 N–H and O–H groups in total. The normalized spacial score (nSPS) is 10.3. The van der Waals surface area contributed by atoms with E-state index < -0.39 is 0 Å². The summed E-state index contributed by atoms with van der Waals surface area (Å²) >= 11 is 6.15. The molecule has 0 unspecified atom stereocenters. The third-order valence-electron chi connectivity index (χ3n) is 4.42. The molecule has 0 heterocycles. The number of amides is 1. The zero-order valence-corrected chi connectivity index (χ0v) is 17.7. The Morgan fingerprint density at radius 1 is 0.867 bits per heavy atom. The Balaban J connectivity index is 1.82. The molecule has 0 fully saturated rings. The smallest absolute Gasteiger partial charge is 0.255 e. The first-order valence-corrected chi connectivity index (χ1v) is 9.51. The Morgan fingerprint density at radius 2 is 1.60 bits per heavy atom. The van der Waals surface area contributed by atoms with Gasteiger partial charge in [-0.25, -0.2) is 0 Å². The molecule has 3 rings (SSSR count). The van der Waals surface area contributed by atoms with Crippen molar-refractivity contribution in [2.75, 3.05) is 26.6 Å². The summed E-state index contributed by atoms with van der Waals surface area (Å²) in [6.45, 7) is 0.191. The molecule has 7 heteroatoms. The standard InChI is InChI=1S/C23H22ClNO5/c1-27-17-9-11-22(29-3)19(13-17)25-23(26)15-8-10-20(28-2)16(12-15)14-30-21-7-5-4-6-18(21)24/h4-13H,14H2,1-3H3,(H,25,26). The summed E-state index contributed by atoms with van der Waals surface area (Å²) < 4.78 is 21.7. The molecule has 3 aromatic rings. The summed E-state index contributed by atoms with van der Waals surface area (Å²) in [5, 5.41) is 3.36. The first kappa shape index (κ1) is 21.3.